The van der Waals surface area contributed by atoms with Crippen molar-refractivity contribution >= 4 is 5.91 Å². The van der Waals surface area contributed by atoms with E-state index < -0.39 is 0 Å². The summed E-state index contributed by atoms with van der Waals surface area (Å²) in [4.78, 5) is 14.3. The number of carbonyl (C=O) groups excluding carboxylic acids is 1. The van der Waals surface area contributed by atoms with Gasteiger partial charge in [0.05, 0.1) is 18.8 Å². The zero-order valence-electron chi connectivity index (χ0n) is 10.9. The number of hydrogen-bond donors (Lipinski definition) is 1. The molecule has 1 amide bonds. The van der Waals surface area contributed by atoms with E-state index in [0.29, 0.717) is 25.3 Å². The largest absolute Gasteiger partial charge is 0.375 e. The number of rotatable bonds is 2. The fourth-order valence-electron chi connectivity index (χ4n) is 2.17. The highest BCUT2D eigenvalue weighted by Gasteiger charge is 2.29. The fourth-order valence-corrected chi connectivity index (χ4v) is 2.17. The van der Waals surface area contributed by atoms with Crippen molar-refractivity contribution in [3.05, 3.63) is 35.4 Å². The first-order valence-electron chi connectivity index (χ1n) is 6.35. The lowest BCUT2D eigenvalue weighted by molar-refractivity contribution is -0.0440. The Kier molecular flexibility index (Phi) is 3.99. The molecule has 2 rings (SSSR count). The molecule has 1 aliphatic heterocycles. The first kappa shape index (κ1) is 13.1. The van der Waals surface area contributed by atoms with Crippen LogP contribution in [0.5, 0.6) is 0 Å². The van der Waals surface area contributed by atoms with Crippen LogP contribution in [0.4, 0.5) is 0 Å². The van der Waals surface area contributed by atoms with Gasteiger partial charge in [-0.05, 0) is 31.5 Å². The highest BCUT2D eigenvalue weighted by Crippen LogP contribution is 2.17. The van der Waals surface area contributed by atoms with Gasteiger partial charge in [0.15, 0.2) is 0 Å². The number of ether oxygens (including phenoxy) is 1. The number of nitrogens with zero attached hydrogens (tertiary/aromatic N) is 1. The third-order valence-corrected chi connectivity index (χ3v) is 3.58. The van der Waals surface area contributed by atoms with Crippen molar-refractivity contribution in [3.8, 4) is 0 Å². The Bertz CT molecular complexity index is 416. The van der Waals surface area contributed by atoms with E-state index in [1.54, 1.807) is 0 Å². The predicted octanol–water partition coefficient (Wildman–Crippen LogP) is 1.39. The van der Waals surface area contributed by atoms with E-state index >= 15 is 0 Å². The number of nitrogens with two attached hydrogens (primary N) is 1. The standard InChI is InChI=1S/C14H20N2O2/c1-10-11(2)18-8-7-16(10)14(17)13-5-3-12(9-15)4-6-13/h3-6,10-11H,7-9,15H2,1-2H3. The molecule has 0 aliphatic carbocycles. The third kappa shape index (κ3) is 2.54. The van der Waals surface area contributed by atoms with Crippen molar-refractivity contribution in [1.82, 2.24) is 4.90 Å². The molecule has 0 bridgehead atoms. The number of carbonyl (C=O) groups is 1. The minimum atomic E-state index is 0.0706. The highest BCUT2D eigenvalue weighted by molar-refractivity contribution is 5.94. The molecule has 98 valence electrons. The zero-order valence-corrected chi connectivity index (χ0v) is 10.9. The summed E-state index contributed by atoms with van der Waals surface area (Å²) in [5, 5.41) is 0. The normalized spacial score (nSPS) is 24.1. The smallest absolute Gasteiger partial charge is 0.254 e. The molecule has 2 N–H and O–H groups in total. The zero-order chi connectivity index (χ0) is 13.1. The second-order valence-corrected chi connectivity index (χ2v) is 4.72. The first-order valence-corrected chi connectivity index (χ1v) is 6.35. The lowest BCUT2D eigenvalue weighted by Gasteiger charge is -2.37. The molecule has 18 heavy (non-hydrogen) atoms. The molecule has 2 unspecified atom stereocenters. The van der Waals surface area contributed by atoms with Gasteiger partial charge in [0.1, 0.15) is 0 Å². The SMILES string of the molecule is CC1OCCN(C(=O)c2ccc(CN)cc2)C1C. The molecule has 2 atom stereocenters. The Balaban J connectivity index is 2.14. The van der Waals surface area contributed by atoms with Crippen molar-refractivity contribution in [3.63, 3.8) is 0 Å². The van der Waals surface area contributed by atoms with Crippen LogP contribution in [0.25, 0.3) is 0 Å². The van der Waals surface area contributed by atoms with Crippen LogP contribution >= 0.6 is 0 Å². The van der Waals surface area contributed by atoms with Crippen molar-refractivity contribution in [2.24, 2.45) is 5.73 Å². The minimum absolute atomic E-state index is 0.0706. The average Bonchev–Trinajstić information content (AvgIpc) is 2.41. The fraction of sp³-hybridized carbons (Fsp3) is 0.500. The highest BCUT2D eigenvalue weighted by atomic mass is 16.5. The Hall–Kier alpha value is -1.39. The molecule has 4 nitrogen and oxygen atoms in total. The molecule has 0 saturated carbocycles. The quantitative estimate of drug-likeness (QED) is 0.860. The van der Waals surface area contributed by atoms with Crippen LogP contribution in [-0.4, -0.2) is 36.1 Å². The molecular formula is C14H20N2O2. The summed E-state index contributed by atoms with van der Waals surface area (Å²) in [7, 11) is 0. The molecule has 1 aromatic carbocycles. The second kappa shape index (κ2) is 5.50. The average molecular weight is 248 g/mol. The van der Waals surface area contributed by atoms with Gasteiger partial charge < -0.3 is 15.4 Å². The molecule has 0 radical (unpaired) electrons. The number of hydrogen-bond acceptors (Lipinski definition) is 3. The summed E-state index contributed by atoms with van der Waals surface area (Å²) in [5.41, 5.74) is 7.30. The topological polar surface area (TPSA) is 55.6 Å². The van der Waals surface area contributed by atoms with Crippen LogP contribution < -0.4 is 5.73 Å². The Morgan fingerprint density at radius 1 is 1.39 bits per heavy atom. The summed E-state index contributed by atoms with van der Waals surface area (Å²) in [5.74, 6) is 0.0706. The molecule has 4 heteroatoms. The molecule has 0 spiro atoms. The molecule has 1 fully saturated rings. The Morgan fingerprint density at radius 2 is 2.06 bits per heavy atom. The Labute approximate surface area is 108 Å². The van der Waals surface area contributed by atoms with Gasteiger partial charge in [-0.15, -0.1) is 0 Å². The summed E-state index contributed by atoms with van der Waals surface area (Å²) >= 11 is 0. The Morgan fingerprint density at radius 3 is 2.67 bits per heavy atom. The minimum Gasteiger partial charge on any atom is -0.375 e. The maximum atomic E-state index is 12.4. The van der Waals surface area contributed by atoms with Crippen LogP contribution in [0.1, 0.15) is 29.8 Å². The van der Waals surface area contributed by atoms with Crippen LogP contribution in [0.15, 0.2) is 24.3 Å². The molecular weight excluding hydrogens is 228 g/mol. The summed E-state index contributed by atoms with van der Waals surface area (Å²) < 4.78 is 5.53. The maximum Gasteiger partial charge on any atom is 0.254 e. The lowest BCUT2D eigenvalue weighted by Crippen LogP contribution is -2.51. The van der Waals surface area contributed by atoms with Gasteiger partial charge in [0.2, 0.25) is 0 Å². The van der Waals surface area contributed by atoms with Gasteiger partial charge in [0.25, 0.3) is 5.91 Å². The summed E-state index contributed by atoms with van der Waals surface area (Å²) in [6.07, 6.45) is 0.0889. The molecule has 1 saturated heterocycles. The van der Waals surface area contributed by atoms with E-state index in [1.165, 1.54) is 0 Å². The van der Waals surface area contributed by atoms with Crippen molar-refractivity contribution in [2.75, 3.05) is 13.2 Å². The van der Waals surface area contributed by atoms with Crippen LogP contribution in [0.2, 0.25) is 0 Å². The van der Waals surface area contributed by atoms with E-state index in [-0.39, 0.29) is 18.1 Å². The molecule has 1 aliphatic rings. The van der Waals surface area contributed by atoms with Crippen molar-refractivity contribution in [2.45, 2.75) is 32.5 Å². The van der Waals surface area contributed by atoms with E-state index in [1.807, 2.05) is 43.0 Å². The summed E-state index contributed by atoms with van der Waals surface area (Å²) in [6.45, 7) is 5.79. The second-order valence-electron chi connectivity index (χ2n) is 4.72. The molecule has 0 aromatic heterocycles. The van der Waals surface area contributed by atoms with E-state index in [9.17, 15) is 4.79 Å². The molecule has 1 aromatic rings. The third-order valence-electron chi connectivity index (χ3n) is 3.58. The molecule has 1 heterocycles. The summed E-state index contributed by atoms with van der Waals surface area (Å²) in [6, 6.07) is 7.61. The van der Waals surface area contributed by atoms with Crippen LogP contribution in [0.3, 0.4) is 0 Å². The van der Waals surface area contributed by atoms with E-state index in [4.69, 9.17) is 10.5 Å². The maximum absolute atomic E-state index is 12.4. The first-order chi connectivity index (χ1) is 8.63. The van der Waals surface area contributed by atoms with E-state index in [0.717, 1.165) is 5.56 Å². The van der Waals surface area contributed by atoms with Gasteiger partial charge in [-0.2, -0.15) is 0 Å². The lowest BCUT2D eigenvalue weighted by atomic mass is 10.1. The number of benzene rings is 1. The van der Waals surface area contributed by atoms with Gasteiger partial charge in [-0.1, -0.05) is 12.1 Å². The van der Waals surface area contributed by atoms with Gasteiger partial charge in [-0.25, -0.2) is 0 Å². The van der Waals surface area contributed by atoms with Gasteiger partial charge in [-0.3, -0.25) is 4.79 Å². The van der Waals surface area contributed by atoms with E-state index in [2.05, 4.69) is 0 Å². The van der Waals surface area contributed by atoms with Crippen LogP contribution in [0, 0.1) is 0 Å². The number of morpholine rings is 1. The van der Waals surface area contributed by atoms with Gasteiger partial charge >= 0.3 is 0 Å². The predicted molar refractivity (Wildman–Crippen MR) is 70.2 cm³/mol. The van der Waals surface area contributed by atoms with Crippen LogP contribution in [-0.2, 0) is 11.3 Å². The monoisotopic (exact) mass is 248 g/mol. The van der Waals surface area contributed by atoms with Crippen molar-refractivity contribution < 1.29 is 9.53 Å². The number of amides is 1. The van der Waals surface area contributed by atoms with Gasteiger partial charge in [0, 0.05) is 18.7 Å². The van der Waals surface area contributed by atoms with Crippen molar-refractivity contribution in [1.29, 1.82) is 0 Å².